The number of fused-ring (bicyclic) bond motifs is 1. The molecule has 3 rings (SSSR count). The second-order valence-corrected chi connectivity index (χ2v) is 5.55. The van der Waals surface area contributed by atoms with Gasteiger partial charge in [-0.25, -0.2) is 4.98 Å². The summed E-state index contributed by atoms with van der Waals surface area (Å²) in [6.45, 7) is 3.40. The summed E-state index contributed by atoms with van der Waals surface area (Å²) in [5.74, 6) is 1.39. The van der Waals surface area contributed by atoms with Gasteiger partial charge in [-0.15, -0.1) is 0 Å². The van der Waals surface area contributed by atoms with Crippen molar-refractivity contribution in [3.63, 3.8) is 0 Å². The molecule has 0 fully saturated rings. The Kier molecular flexibility index (Phi) is 5.11. The zero-order chi connectivity index (χ0) is 16.8. The van der Waals surface area contributed by atoms with Gasteiger partial charge < -0.3 is 14.6 Å². The van der Waals surface area contributed by atoms with E-state index in [0.29, 0.717) is 12.3 Å². The molecule has 2 aromatic carbocycles. The fourth-order valence-corrected chi connectivity index (χ4v) is 2.63. The number of aryl methyl sites for hydroxylation is 1. The maximum Gasteiger partial charge on any atom is 0.258 e. The van der Waals surface area contributed by atoms with Crippen LogP contribution in [-0.2, 0) is 17.9 Å². The number of nitrogens with one attached hydrogen (secondary N) is 1. The Labute approximate surface area is 141 Å². The molecule has 1 heterocycles. The van der Waals surface area contributed by atoms with E-state index in [9.17, 15) is 4.79 Å². The number of aromatic nitrogens is 2. The first kappa shape index (κ1) is 16.1. The average molecular weight is 323 g/mol. The van der Waals surface area contributed by atoms with Crippen LogP contribution in [0.25, 0.3) is 11.0 Å². The zero-order valence-electron chi connectivity index (χ0n) is 13.7. The number of rotatable bonds is 7. The molecule has 0 radical (unpaired) electrons. The number of ether oxygens (including phenoxy) is 1. The van der Waals surface area contributed by atoms with Gasteiger partial charge in [-0.1, -0.05) is 37.3 Å². The molecule has 5 heteroatoms. The lowest BCUT2D eigenvalue weighted by atomic mass is 10.3. The third-order valence-electron chi connectivity index (χ3n) is 3.74. The molecule has 0 saturated heterocycles. The summed E-state index contributed by atoms with van der Waals surface area (Å²) in [5, 5.41) is 2.88. The van der Waals surface area contributed by atoms with Crippen LogP contribution in [0.5, 0.6) is 5.75 Å². The van der Waals surface area contributed by atoms with E-state index in [1.165, 1.54) is 0 Å². The molecule has 124 valence electrons. The molecule has 0 aliphatic heterocycles. The molecule has 3 aromatic rings. The van der Waals surface area contributed by atoms with Gasteiger partial charge in [0.15, 0.2) is 6.61 Å². The minimum Gasteiger partial charge on any atom is -0.484 e. The number of benzene rings is 2. The summed E-state index contributed by atoms with van der Waals surface area (Å²) in [6.07, 6.45) is 1.01. The largest absolute Gasteiger partial charge is 0.484 e. The highest BCUT2D eigenvalue weighted by atomic mass is 16.5. The highest BCUT2D eigenvalue weighted by Crippen LogP contribution is 2.16. The molecule has 1 N–H and O–H groups in total. The van der Waals surface area contributed by atoms with Crippen molar-refractivity contribution >= 4 is 16.9 Å². The van der Waals surface area contributed by atoms with E-state index in [1.54, 1.807) is 0 Å². The van der Waals surface area contributed by atoms with Crippen LogP contribution in [0.2, 0.25) is 0 Å². The van der Waals surface area contributed by atoms with Crippen LogP contribution < -0.4 is 10.1 Å². The van der Waals surface area contributed by atoms with E-state index in [1.807, 2.05) is 48.5 Å². The van der Waals surface area contributed by atoms with Gasteiger partial charge in [0.05, 0.1) is 17.6 Å². The Hall–Kier alpha value is -2.82. The Morgan fingerprint density at radius 3 is 2.67 bits per heavy atom. The zero-order valence-corrected chi connectivity index (χ0v) is 13.7. The molecule has 0 unspecified atom stereocenters. The average Bonchev–Trinajstić information content (AvgIpc) is 2.97. The maximum atomic E-state index is 12.0. The van der Waals surface area contributed by atoms with Gasteiger partial charge in [-0.3, -0.25) is 4.79 Å². The van der Waals surface area contributed by atoms with E-state index < -0.39 is 0 Å². The smallest absolute Gasteiger partial charge is 0.258 e. The van der Waals surface area contributed by atoms with Crippen LogP contribution in [0.4, 0.5) is 0 Å². The van der Waals surface area contributed by atoms with E-state index in [4.69, 9.17) is 4.74 Å². The molecular formula is C19H21N3O2. The van der Waals surface area contributed by atoms with Crippen LogP contribution in [0.1, 0.15) is 19.2 Å². The monoisotopic (exact) mass is 323 g/mol. The molecule has 24 heavy (non-hydrogen) atoms. The molecule has 0 aliphatic rings. The summed E-state index contributed by atoms with van der Waals surface area (Å²) < 4.78 is 7.61. The van der Waals surface area contributed by atoms with Gasteiger partial charge in [0.1, 0.15) is 11.6 Å². The van der Waals surface area contributed by atoms with E-state index in [2.05, 4.69) is 27.9 Å². The Morgan fingerprint density at radius 2 is 1.88 bits per heavy atom. The number of hydrogen-bond donors (Lipinski definition) is 1. The normalized spacial score (nSPS) is 10.7. The van der Waals surface area contributed by atoms with Crippen molar-refractivity contribution in [1.29, 1.82) is 0 Å². The van der Waals surface area contributed by atoms with Gasteiger partial charge in [0, 0.05) is 6.54 Å². The van der Waals surface area contributed by atoms with Crippen molar-refractivity contribution in [3.05, 3.63) is 60.4 Å². The highest BCUT2D eigenvalue weighted by Gasteiger charge is 2.11. The molecule has 0 bridgehead atoms. The lowest BCUT2D eigenvalue weighted by molar-refractivity contribution is -0.123. The predicted molar refractivity (Wildman–Crippen MR) is 93.8 cm³/mol. The van der Waals surface area contributed by atoms with Gasteiger partial charge in [-0.05, 0) is 30.7 Å². The van der Waals surface area contributed by atoms with Crippen LogP contribution in [0.3, 0.4) is 0 Å². The lowest BCUT2D eigenvalue weighted by Gasteiger charge is -2.09. The third-order valence-corrected chi connectivity index (χ3v) is 3.74. The first-order valence-electron chi connectivity index (χ1n) is 8.16. The number of para-hydroxylation sites is 3. The van der Waals surface area contributed by atoms with Crippen LogP contribution in [-0.4, -0.2) is 22.1 Å². The fourth-order valence-electron chi connectivity index (χ4n) is 2.63. The molecule has 0 aliphatic carbocycles. The molecule has 0 saturated carbocycles. The minimum absolute atomic E-state index is 0.00196. The number of hydrogen-bond acceptors (Lipinski definition) is 3. The summed E-state index contributed by atoms with van der Waals surface area (Å²) in [7, 11) is 0. The first-order chi connectivity index (χ1) is 11.8. The van der Waals surface area contributed by atoms with E-state index in [0.717, 1.165) is 29.8 Å². The summed E-state index contributed by atoms with van der Waals surface area (Å²) in [6, 6.07) is 17.3. The Morgan fingerprint density at radius 1 is 1.12 bits per heavy atom. The standard InChI is InChI=1S/C19H21N3O2/c1-2-12-22-17-11-7-6-10-16(17)21-18(22)13-20-19(23)14-24-15-8-4-3-5-9-15/h3-11H,2,12-14H2,1H3,(H,20,23). The second kappa shape index (κ2) is 7.64. The van der Waals surface area contributed by atoms with Gasteiger partial charge in [0.25, 0.3) is 5.91 Å². The van der Waals surface area contributed by atoms with Gasteiger partial charge in [0.2, 0.25) is 0 Å². The molecule has 5 nitrogen and oxygen atoms in total. The first-order valence-corrected chi connectivity index (χ1v) is 8.16. The minimum atomic E-state index is -0.158. The number of carbonyl (C=O) groups excluding carboxylic acids is 1. The van der Waals surface area contributed by atoms with E-state index >= 15 is 0 Å². The predicted octanol–water partition coefficient (Wildman–Crippen LogP) is 3.14. The Balaban J connectivity index is 1.62. The van der Waals surface area contributed by atoms with Crippen LogP contribution in [0.15, 0.2) is 54.6 Å². The molecule has 0 atom stereocenters. The summed E-state index contributed by atoms with van der Waals surface area (Å²) in [4.78, 5) is 16.6. The van der Waals surface area contributed by atoms with Crippen LogP contribution >= 0.6 is 0 Å². The highest BCUT2D eigenvalue weighted by molar-refractivity contribution is 5.78. The molecule has 0 spiro atoms. The Bertz CT molecular complexity index is 812. The third kappa shape index (κ3) is 3.74. The van der Waals surface area contributed by atoms with Crippen molar-refractivity contribution in [2.45, 2.75) is 26.4 Å². The van der Waals surface area contributed by atoms with Crippen molar-refractivity contribution in [3.8, 4) is 5.75 Å². The van der Waals surface area contributed by atoms with Gasteiger partial charge >= 0.3 is 0 Å². The van der Waals surface area contributed by atoms with Crippen molar-refractivity contribution in [1.82, 2.24) is 14.9 Å². The quantitative estimate of drug-likeness (QED) is 0.727. The summed E-state index contributed by atoms with van der Waals surface area (Å²) >= 11 is 0. The van der Waals surface area contributed by atoms with Crippen molar-refractivity contribution < 1.29 is 9.53 Å². The molecular weight excluding hydrogens is 302 g/mol. The van der Waals surface area contributed by atoms with Gasteiger partial charge in [-0.2, -0.15) is 0 Å². The van der Waals surface area contributed by atoms with Crippen LogP contribution in [0, 0.1) is 0 Å². The number of carbonyl (C=O) groups is 1. The van der Waals surface area contributed by atoms with E-state index in [-0.39, 0.29) is 12.5 Å². The van der Waals surface area contributed by atoms with Crippen molar-refractivity contribution in [2.24, 2.45) is 0 Å². The molecule has 1 aromatic heterocycles. The number of imidazole rings is 1. The summed E-state index contributed by atoms with van der Waals surface area (Å²) in [5.41, 5.74) is 2.06. The number of amides is 1. The lowest BCUT2D eigenvalue weighted by Crippen LogP contribution is -2.29. The SMILES string of the molecule is CCCn1c(CNC(=O)COc2ccccc2)nc2ccccc21. The fraction of sp³-hybridized carbons (Fsp3) is 0.263. The topological polar surface area (TPSA) is 56.2 Å². The second-order valence-electron chi connectivity index (χ2n) is 5.55. The van der Waals surface area contributed by atoms with Crippen molar-refractivity contribution in [2.75, 3.05) is 6.61 Å². The maximum absolute atomic E-state index is 12.0. The number of nitrogens with zero attached hydrogens (tertiary/aromatic N) is 2. The molecule has 1 amide bonds.